The van der Waals surface area contributed by atoms with Crippen LogP contribution in [0, 0.1) is 5.92 Å². The molecule has 9 nitrogen and oxygen atoms in total. The molecule has 184 valence electrons. The Morgan fingerprint density at radius 2 is 1.76 bits per heavy atom. The molecule has 0 N–H and O–H groups in total. The van der Waals surface area contributed by atoms with Gasteiger partial charge in [0.1, 0.15) is 0 Å². The Balaban J connectivity index is 1.63. The number of carbonyl (C=O) groups is 2. The van der Waals surface area contributed by atoms with Gasteiger partial charge in [-0.2, -0.15) is 0 Å². The number of rotatable bonds is 8. The van der Waals surface area contributed by atoms with Crippen LogP contribution in [0.25, 0.3) is 11.3 Å². The molecule has 0 aliphatic carbocycles. The largest absolute Gasteiger partial charge is 0.493 e. The van der Waals surface area contributed by atoms with Crippen LogP contribution in [0.15, 0.2) is 30.3 Å². The Bertz CT molecular complexity index is 980. The third-order valence-electron chi connectivity index (χ3n) is 5.86. The van der Waals surface area contributed by atoms with E-state index >= 15 is 0 Å². The van der Waals surface area contributed by atoms with Crippen molar-refractivity contribution in [1.82, 2.24) is 20.0 Å². The van der Waals surface area contributed by atoms with Gasteiger partial charge in [0.05, 0.1) is 26.5 Å². The van der Waals surface area contributed by atoms with Gasteiger partial charge in [0.15, 0.2) is 17.3 Å². The number of anilines is 1. The Hall–Kier alpha value is -3.36. The van der Waals surface area contributed by atoms with Crippen molar-refractivity contribution in [2.24, 2.45) is 5.92 Å². The average Bonchev–Trinajstić information content (AvgIpc) is 3.09. The van der Waals surface area contributed by atoms with Crippen molar-refractivity contribution in [3.63, 3.8) is 0 Å². The Morgan fingerprint density at radius 3 is 2.38 bits per heavy atom. The van der Waals surface area contributed by atoms with Crippen LogP contribution in [0.1, 0.15) is 27.2 Å². The lowest BCUT2D eigenvalue weighted by Crippen LogP contribution is -2.44. The van der Waals surface area contributed by atoms with Gasteiger partial charge in [-0.1, -0.05) is 13.8 Å². The lowest BCUT2D eigenvalue weighted by Gasteiger charge is -2.27. The molecule has 0 unspecified atom stereocenters. The van der Waals surface area contributed by atoms with E-state index in [1.807, 2.05) is 49.1 Å². The third kappa shape index (κ3) is 6.36. The summed E-state index contributed by atoms with van der Waals surface area (Å²) in [6.45, 7) is 9.03. The smallest absolute Gasteiger partial charge is 0.242 e. The molecule has 34 heavy (non-hydrogen) atoms. The molecule has 2 heterocycles. The molecule has 0 saturated carbocycles. The van der Waals surface area contributed by atoms with Gasteiger partial charge in [0.25, 0.3) is 0 Å². The summed E-state index contributed by atoms with van der Waals surface area (Å²) in [5.41, 5.74) is 1.63. The monoisotopic (exact) mass is 469 g/mol. The summed E-state index contributed by atoms with van der Waals surface area (Å²) in [5.74, 6) is 2.33. The molecule has 9 heteroatoms. The molecule has 2 amide bonds. The molecule has 1 aromatic heterocycles. The molecular formula is C25H35N5O4. The second-order valence-corrected chi connectivity index (χ2v) is 8.86. The minimum absolute atomic E-state index is 0.00687. The first-order chi connectivity index (χ1) is 16.3. The number of carbonyl (C=O) groups excluding carboxylic acids is 2. The van der Waals surface area contributed by atoms with Crippen LogP contribution in [0.5, 0.6) is 11.5 Å². The van der Waals surface area contributed by atoms with Crippen molar-refractivity contribution >= 4 is 17.6 Å². The van der Waals surface area contributed by atoms with E-state index in [-0.39, 0.29) is 18.4 Å². The normalized spacial score (nSPS) is 14.1. The maximum atomic E-state index is 12.9. The van der Waals surface area contributed by atoms with Crippen molar-refractivity contribution in [1.29, 1.82) is 0 Å². The number of benzene rings is 1. The highest BCUT2D eigenvalue weighted by Gasteiger charge is 2.23. The van der Waals surface area contributed by atoms with Gasteiger partial charge in [-0.15, -0.1) is 10.2 Å². The molecule has 0 atom stereocenters. The summed E-state index contributed by atoms with van der Waals surface area (Å²) in [5, 5.41) is 8.85. The van der Waals surface area contributed by atoms with Crippen molar-refractivity contribution in [3.05, 3.63) is 30.3 Å². The van der Waals surface area contributed by atoms with E-state index in [0.717, 1.165) is 30.0 Å². The summed E-state index contributed by atoms with van der Waals surface area (Å²) in [6.07, 6.45) is 0.828. The van der Waals surface area contributed by atoms with Crippen molar-refractivity contribution < 1.29 is 19.1 Å². The minimum Gasteiger partial charge on any atom is -0.493 e. The van der Waals surface area contributed by atoms with E-state index in [9.17, 15) is 9.59 Å². The molecule has 0 bridgehead atoms. The first kappa shape index (κ1) is 25.3. The van der Waals surface area contributed by atoms with Crippen LogP contribution in [-0.2, 0) is 9.59 Å². The van der Waals surface area contributed by atoms with Gasteiger partial charge in [-0.05, 0) is 42.7 Å². The molecule has 0 spiro atoms. The van der Waals surface area contributed by atoms with E-state index in [2.05, 4.69) is 15.1 Å². The number of nitrogens with zero attached hydrogens (tertiary/aromatic N) is 5. The van der Waals surface area contributed by atoms with Gasteiger partial charge in [-0.3, -0.25) is 9.59 Å². The van der Waals surface area contributed by atoms with Crippen molar-refractivity contribution in [3.8, 4) is 22.8 Å². The topological polar surface area (TPSA) is 88.1 Å². The van der Waals surface area contributed by atoms with Crippen molar-refractivity contribution in [2.75, 3.05) is 58.4 Å². The molecule has 1 saturated heterocycles. The second kappa shape index (κ2) is 11.7. The van der Waals surface area contributed by atoms with Crippen molar-refractivity contribution in [2.45, 2.75) is 27.2 Å². The summed E-state index contributed by atoms with van der Waals surface area (Å²) >= 11 is 0. The second-order valence-electron chi connectivity index (χ2n) is 8.86. The van der Waals surface area contributed by atoms with Gasteiger partial charge >= 0.3 is 0 Å². The molecular weight excluding hydrogens is 434 g/mol. The van der Waals surface area contributed by atoms with Gasteiger partial charge in [0.2, 0.25) is 11.8 Å². The number of aromatic nitrogens is 2. The highest BCUT2D eigenvalue weighted by atomic mass is 16.5. The summed E-state index contributed by atoms with van der Waals surface area (Å²) in [6, 6.07) is 9.54. The predicted molar refractivity (Wildman–Crippen MR) is 131 cm³/mol. The summed E-state index contributed by atoms with van der Waals surface area (Å²) < 4.78 is 10.7. The Kier molecular flexibility index (Phi) is 8.67. The SMILES string of the molecule is COc1ccc(-c2ccc(N3CCCN(C(=O)CN(CC(C)C)C(C)=O)CC3)nn2)cc1OC. The molecule has 1 aliphatic rings. The van der Waals surface area contributed by atoms with Crippen LogP contribution in [0.4, 0.5) is 5.82 Å². The maximum Gasteiger partial charge on any atom is 0.242 e. The van der Waals surface area contributed by atoms with E-state index in [1.165, 1.54) is 6.92 Å². The lowest BCUT2D eigenvalue weighted by molar-refractivity contribution is -0.139. The lowest BCUT2D eigenvalue weighted by atomic mass is 10.1. The molecule has 1 fully saturated rings. The van der Waals surface area contributed by atoms with E-state index in [0.29, 0.717) is 43.6 Å². The maximum absolute atomic E-state index is 12.9. The molecule has 2 aromatic rings. The van der Waals surface area contributed by atoms with E-state index in [1.54, 1.807) is 19.1 Å². The highest BCUT2D eigenvalue weighted by Crippen LogP contribution is 2.31. The summed E-state index contributed by atoms with van der Waals surface area (Å²) in [7, 11) is 3.21. The van der Waals surface area contributed by atoms with Gasteiger partial charge < -0.3 is 24.2 Å². The Labute approximate surface area is 201 Å². The first-order valence-electron chi connectivity index (χ1n) is 11.7. The summed E-state index contributed by atoms with van der Waals surface area (Å²) in [4.78, 5) is 30.4. The highest BCUT2D eigenvalue weighted by molar-refractivity contribution is 5.84. The number of methoxy groups -OCH3 is 2. The molecule has 3 rings (SSSR count). The zero-order valence-corrected chi connectivity index (χ0v) is 20.8. The fourth-order valence-corrected chi connectivity index (χ4v) is 4.05. The van der Waals surface area contributed by atoms with Gasteiger partial charge in [-0.25, -0.2) is 0 Å². The quantitative estimate of drug-likeness (QED) is 0.587. The zero-order valence-electron chi connectivity index (χ0n) is 20.8. The standard InChI is InChI=1S/C25H35N5O4/c1-18(2)16-30(19(3)31)17-25(32)29-12-6-11-28(13-14-29)24-10-8-21(26-27-24)20-7-9-22(33-4)23(15-20)34-5/h7-10,15,18H,6,11-14,16-17H2,1-5H3. The van der Waals surface area contributed by atoms with Crippen LogP contribution in [0.2, 0.25) is 0 Å². The number of amides is 2. The molecule has 1 aromatic carbocycles. The van der Waals surface area contributed by atoms with Crippen LogP contribution in [-0.4, -0.2) is 85.3 Å². The number of hydrogen-bond acceptors (Lipinski definition) is 7. The third-order valence-corrected chi connectivity index (χ3v) is 5.86. The van der Waals surface area contributed by atoms with E-state index in [4.69, 9.17) is 9.47 Å². The first-order valence-corrected chi connectivity index (χ1v) is 11.7. The molecule has 1 aliphatic heterocycles. The number of ether oxygens (including phenoxy) is 2. The fourth-order valence-electron chi connectivity index (χ4n) is 4.05. The van der Waals surface area contributed by atoms with Crippen LogP contribution in [0.3, 0.4) is 0 Å². The zero-order chi connectivity index (χ0) is 24.7. The van der Waals surface area contributed by atoms with Crippen LogP contribution < -0.4 is 14.4 Å². The fraction of sp³-hybridized carbons (Fsp3) is 0.520. The predicted octanol–water partition coefficient (Wildman–Crippen LogP) is 2.70. The Morgan fingerprint density at radius 1 is 1.00 bits per heavy atom. The molecule has 0 radical (unpaired) electrons. The van der Waals surface area contributed by atoms with Crippen LogP contribution >= 0.6 is 0 Å². The van der Waals surface area contributed by atoms with E-state index < -0.39 is 0 Å². The minimum atomic E-state index is -0.0663. The van der Waals surface area contributed by atoms with Gasteiger partial charge in [0, 0.05) is 45.2 Å². The average molecular weight is 470 g/mol. The number of hydrogen-bond donors (Lipinski definition) is 0.